The third-order valence-electron chi connectivity index (χ3n) is 7.33. The number of benzene rings is 1. The van der Waals surface area contributed by atoms with Gasteiger partial charge in [0.05, 0.1) is 0 Å². The van der Waals surface area contributed by atoms with Gasteiger partial charge in [0.25, 0.3) is 5.91 Å². The van der Waals surface area contributed by atoms with Crippen LogP contribution in [0.5, 0.6) is 5.75 Å². The number of ether oxygens (including phenoxy) is 1. The van der Waals surface area contributed by atoms with Crippen LogP contribution < -0.4 is 15.4 Å². The summed E-state index contributed by atoms with van der Waals surface area (Å²) in [7, 11) is 0. The summed E-state index contributed by atoms with van der Waals surface area (Å²) in [5.41, 5.74) is 1.36. The molecule has 5 rings (SSSR count). The van der Waals surface area contributed by atoms with Crippen molar-refractivity contribution < 1.29 is 27.9 Å². The van der Waals surface area contributed by atoms with E-state index in [0.29, 0.717) is 30.8 Å². The molecule has 0 radical (unpaired) electrons. The first-order valence-electron chi connectivity index (χ1n) is 11.8. The van der Waals surface area contributed by atoms with Crippen molar-refractivity contribution in [3.05, 3.63) is 29.3 Å². The van der Waals surface area contributed by atoms with Crippen LogP contribution in [0.2, 0.25) is 0 Å². The summed E-state index contributed by atoms with van der Waals surface area (Å²) in [6.45, 7) is 0.888. The fourth-order valence-electron chi connectivity index (χ4n) is 5.52. The SMILES string of the molecule is O=C1CCC(N2Cc3cc(O[C@@H]4CCCC[C@@H]4NCC4CC(F)(F)C4)ccc3C2=O)C(=O)N1. The predicted octanol–water partition coefficient (Wildman–Crippen LogP) is 2.77. The Balaban J connectivity index is 1.22. The molecular weight excluding hydrogens is 432 g/mol. The van der Waals surface area contributed by atoms with E-state index in [1.54, 1.807) is 12.1 Å². The molecule has 1 aromatic rings. The molecule has 2 aliphatic carbocycles. The maximum absolute atomic E-state index is 13.1. The monoisotopic (exact) mass is 461 g/mol. The van der Waals surface area contributed by atoms with Crippen molar-refractivity contribution in [1.82, 2.24) is 15.5 Å². The van der Waals surface area contributed by atoms with Gasteiger partial charge in [-0.3, -0.25) is 19.7 Å². The number of carbonyl (C=O) groups excluding carboxylic acids is 3. The van der Waals surface area contributed by atoms with E-state index in [2.05, 4.69) is 10.6 Å². The molecule has 1 saturated heterocycles. The molecule has 7 nitrogen and oxygen atoms in total. The highest BCUT2D eigenvalue weighted by molar-refractivity contribution is 6.05. The van der Waals surface area contributed by atoms with Crippen LogP contribution in [0, 0.1) is 5.92 Å². The fraction of sp³-hybridized carbons (Fsp3) is 0.625. The van der Waals surface area contributed by atoms with E-state index in [0.717, 1.165) is 31.2 Å². The molecule has 2 N–H and O–H groups in total. The van der Waals surface area contributed by atoms with E-state index in [9.17, 15) is 23.2 Å². The van der Waals surface area contributed by atoms with Crippen LogP contribution in [0.3, 0.4) is 0 Å². The number of alkyl halides is 2. The van der Waals surface area contributed by atoms with Crippen molar-refractivity contribution in [2.45, 2.75) is 82.0 Å². The first kappa shape index (κ1) is 22.3. The molecule has 3 amide bonds. The first-order valence-corrected chi connectivity index (χ1v) is 11.8. The first-order chi connectivity index (χ1) is 15.8. The van der Waals surface area contributed by atoms with Gasteiger partial charge in [-0.1, -0.05) is 6.42 Å². The van der Waals surface area contributed by atoms with Crippen LogP contribution >= 0.6 is 0 Å². The number of hydrogen-bond acceptors (Lipinski definition) is 5. The van der Waals surface area contributed by atoms with E-state index in [1.807, 2.05) is 6.07 Å². The Labute approximate surface area is 191 Å². The maximum Gasteiger partial charge on any atom is 0.255 e. The Bertz CT molecular complexity index is 961. The Morgan fingerprint density at radius 2 is 1.91 bits per heavy atom. The van der Waals surface area contributed by atoms with Gasteiger partial charge in [0.1, 0.15) is 17.9 Å². The van der Waals surface area contributed by atoms with Crippen molar-refractivity contribution in [3.8, 4) is 5.75 Å². The van der Waals surface area contributed by atoms with Crippen LogP contribution in [-0.2, 0) is 16.1 Å². The van der Waals surface area contributed by atoms with Crippen molar-refractivity contribution >= 4 is 17.7 Å². The zero-order valence-electron chi connectivity index (χ0n) is 18.4. The number of imide groups is 1. The molecular formula is C24H29F2N3O4. The van der Waals surface area contributed by atoms with Gasteiger partial charge in [-0.2, -0.15) is 0 Å². The van der Waals surface area contributed by atoms with Crippen LogP contribution in [0.1, 0.15) is 67.3 Å². The highest BCUT2D eigenvalue weighted by Gasteiger charge is 2.45. The summed E-state index contributed by atoms with van der Waals surface area (Å²) in [5, 5.41) is 5.77. The van der Waals surface area contributed by atoms with Gasteiger partial charge in [0.15, 0.2) is 0 Å². The number of carbonyl (C=O) groups is 3. The average molecular weight is 462 g/mol. The van der Waals surface area contributed by atoms with Gasteiger partial charge >= 0.3 is 0 Å². The lowest BCUT2D eigenvalue weighted by atomic mass is 9.81. The largest absolute Gasteiger partial charge is 0.489 e. The van der Waals surface area contributed by atoms with Gasteiger partial charge in [-0.05, 0) is 61.9 Å². The molecule has 4 aliphatic rings. The summed E-state index contributed by atoms with van der Waals surface area (Å²) in [4.78, 5) is 38.0. The molecule has 2 aliphatic heterocycles. The van der Waals surface area contributed by atoms with Crippen LogP contribution in [0.4, 0.5) is 8.78 Å². The molecule has 2 saturated carbocycles. The minimum absolute atomic E-state index is 0.0202. The number of fused-ring (bicyclic) bond motifs is 1. The molecule has 0 bridgehead atoms. The van der Waals surface area contributed by atoms with Crippen molar-refractivity contribution in [3.63, 3.8) is 0 Å². The average Bonchev–Trinajstić information content (AvgIpc) is 3.07. The Hall–Kier alpha value is -2.55. The second-order valence-corrected chi connectivity index (χ2v) is 9.80. The van der Waals surface area contributed by atoms with Gasteiger partial charge < -0.3 is 15.0 Å². The second kappa shape index (κ2) is 8.66. The summed E-state index contributed by atoms with van der Waals surface area (Å²) in [6, 6.07) is 4.85. The smallest absolute Gasteiger partial charge is 0.255 e. The lowest BCUT2D eigenvalue weighted by Gasteiger charge is -2.38. The maximum atomic E-state index is 13.1. The Kier molecular flexibility index (Phi) is 5.84. The number of nitrogens with zero attached hydrogens (tertiary/aromatic N) is 1. The van der Waals surface area contributed by atoms with Gasteiger partial charge in [-0.25, -0.2) is 8.78 Å². The second-order valence-electron chi connectivity index (χ2n) is 9.80. The molecule has 9 heteroatoms. The fourth-order valence-corrected chi connectivity index (χ4v) is 5.52. The number of nitrogens with one attached hydrogen (secondary N) is 2. The van der Waals surface area contributed by atoms with Crippen LogP contribution in [0.25, 0.3) is 0 Å². The van der Waals surface area contributed by atoms with E-state index in [1.165, 1.54) is 4.90 Å². The number of piperidine rings is 1. The Morgan fingerprint density at radius 3 is 2.67 bits per heavy atom. The van der Waals surface area contributed by atoms with Crippen LogP contribution in [-0.4, -0.2) is 53.3 Å². The molecule has 0 spiro atoms. The minimum Gasteiger partial charge on any atom is -0.489 e. The highest BCUT2D eigenvalue weighted by atomic mass is 19.3. The molecule has 33 heavy (non-hydrogen) atoms. The topological polar surface area (TPSA) is 87.7 Å². The normalized spacial score (nSPS) is 29.5. The van der Waals surface area contributed by atoms with E-state index < -0.39 is 17.9 Å². The quantitative estimate of drug-likeness (QED) is 0.637. The molecule has 3 fully saturated rings. The summed E-state index contributed by atoms with van der Waals surface area (Å²) in [6.07, 6.45) is 4.38. The summed E-state index contributed by atoms with van der Waals surface area (Å²) in [5.74, 6) is -2.76. The zero-order chi connectivity index (χ0) is 23.2. The Morgan fingerprint density at radius 1 is 1.12 bits per heavy atom. The van der Waals surface area contributed by atoms with Gasteiger partial charge in [-0.15, -0.1) is 0 Å². The number of hydrogen-bond donors (Lipinski definition) is 2. The molecule has 0 aromatic heterocycles. The van der Waals surface area contributed by atoms with Crippen molar-refractivity contribution in [2.75, 3.05) is 6.54 Å². The van der Waals surface area contributed by atoms with Gasteiger partial charge in [0.2, 0.25) is 17.7 Å². The van der Waals surface area contributed by atoms with E-state index in [4.69, 9.17) is 4.74 Å². The van der Waals surface area contributed by atoms with E-state index in [-0.39, 0.29) is 49.1 Å². The third kappa shape index (κ3) is 4.60. The standard InChI is InChI=1S/C24H29F2N3O4/c25-24(26)10-14(11-24)12-27-18-3-1-2-4-20(18)33-16-5-6-17-15(9-16)13-29(23(17)32)19-7-8-21(30)28-22(19)31/h5-6,9,14,18-20,27H,1-4,7-8,10-13H2,(H,28,30,31)/t18-,19?,20+/m0/s1. The van der Waals surface area contributed by atoms with Gasteiger partial charge in [0, 0.05) is 37.4 Å². The summed E-state index contributed by atoms with van der Waals surface area (Å²) < 4.78 is 32.6. The minimum atomic E-state index is -2.50. The molecule has 2 heterocycles. The third-order valence-corrected chi connectivity index (χ3v) is 7.33. The number of rotatable bonds is 6. The van der Waals surface area contributed by atoms with E-state index >= 15 is 0 Å². The predicted molar refractivity (Wildman–Crippen MR) is 115 cm³/mol. The lowest BCUT2D eigenvalue weighted by Crippen LogP contribution is -2.52. The molecule has 178 valence electrons. The zero-order valence-corrected chi connectivity index (χ0v) is 18.4. The lowest BCUT2D eigenvalue weighted by molar-refractivity contribution is -0.136. The van der Waals surface area contributed by atoms with Crippen molar-refractivity contribution in [1.29, 1.82) is 0 Å². The molecule has 1 aromatic carbocycles. The number of amides is 3. The highest BCUT2D eigenvalue weighted by Crippen LogP contribution is 2.42. The summed E-state index contributed by atoms with van der Waals surface area (Å²) >= 11 is 0. The molecule has 3 atom stereocenters. The number of halogens is 2. The van der Waals surface area contributed by atoms with Crippen molar-refractivity contribution in [2.24, 2.45) is 5.92 Å². The van der Waals surface area contributed by atoms with Crippen LogP contribution in [0.15, 0.2) is 18.2 Å². The molecule has 1 unspecified atom stereocenters.